The van der Waals surface area contributed by atoms with Gasteiger partial charge in [-0.05, 0) is 30.5 Å². The van der Waals surface area contributed by atoms with Crippen LogP contribution in [0.15, 0.2) is 42.5 Å². The van der Waals surface area contributed by atoms with E-state index in [1.54, 1.807) is 19.1 Å². The second kappa shape index (κ2) is 7.67. The maximum atomic E-state index is 13.7. The van der Waals surface area contributed by atoms with E-state index in [4.69, 9.17) is 17.3 Å². The highest BCUT2D eigenvalue weighted by Crippen LogP contribution is 2.54. The molecule has 2 aromatic carbocycles. The number of hydrogen-bond acceptors (Lipinski definition) is 5. The first-order valence-electron chi connectivity index (χ1n) is 10.8. The number of anilines is 1. The summed E-state index contributed by atoms with van der Waals surface area (Å²) < 4.78 is 0. The smallest absolute Gasteiger partial charge is 0.250 e. The number of fused-ring (bicyclic) bond motifs is 4. The van der Waals surface area contributed by atoms with Crippen LogP contribution in [0.25, 0.3) is 0 Å². The van der Waals surface area contributed by atoms with Gasteiger partial charge in [0.15, 0.2) is 0 Å². The Labute approximate surface area is 195 Å². The molecule has 2 saturated heterocycles. The molecule has 2 fully saturated rings. The average Bonchev–Trinajstić information content (AvgIpc) is 3.35. The number of primary amides is 1. The van der Waals surface area contributed by atoms with Gasteiger partial charge in [0.2, 0.25) is 23.6 Å². The highest BCUT2D eigenvalue weighted by Gasteiger charge is 2.70. The summed E-state index contributed by atoms with van der Waals surface area (Å²) >= 11 is 6.26. The normalized spacial score (nSPS) is 27.8. The summed E-state index contributed by atoms with van der Waals surface area (Å²) in [6.07, 6.45) is 0.333. The second-order valence-corrected chi connectivity index (χ2v) is 9.25. The van der Waals surface area contributed by atoms with E-state index in [0.29, 0.717) is 28.3 Å². The summed E-state index contributed by atoms with van der Waals surface area (Å²) in [5.74, 6) is -3.70. The molecule has 3 aliphatic heterocycles. The summed E-state index contributed by atoms with van der Waals surface area (Å²) in [5, 5.41) is 6.51. The molecule has 4 N–H and O–H groups in total. The van der Waals surface area contributed by atoms with Gasteiger partial charge in [0, 0.05) is 29.6 Å². The fraction of sp³-hybridized carbons (Fsp3) is 0.333. The molecular formula is C24H23ClN4O4. The number of nitrogens with two attached hydrogens (primary N) is 1. The van der Waals surface area contributed by atoms with E-state index in [1.807, 2.05) is 30.3 Å². The monoisotopic (exact) mass is 466 g/mol. The lowest BCUT2D eigenvalue weighted by Crippen LogP contribution is -2.53. The molecule has 33 heavy (non-hydrogen) atoms. The molecule has 8 nitrogen and oxygen atoms in total. The van der Waals surface area contributed by atoms with E-state index >= 15 is 0 Å². The van der Waals surface area contributed by atoms with Crippen molar-refractivity contribution in [3.63, 3.8) is 0 Å². The third-order valence-corrected chi connectivity index (χ3v) is 7.47. The summed E-state index contributed by atoms with van der Waals surface area (Å²) in [7, 11) is 0. The number of hydrogen-bond donors (Lipinski definition) is 3. The Bertz CT molecular complexity index is 1200. The Hall–Kier alpha value is -3.23. The largest absolute Gasteiger partial charge is 0.370 e. The molecule has 0 saturated carbocycles. The number of nitrogens with zero attached hydrogens (tertiary/aromatic N) is 1. The number of carbonyl (C=O) groups excluding carboxylic acids is 4. The quantitative estimate of drug-likeness (QED) is 0.576. The number of carbonyl (C=O) groups is 4. The molecular weight excluding hydrogens is 444 g/mol. The summed E-state index contributed by atoms with van der Waals surface area (Å²) in [4.78, 5) is 53.6. The molecule has 0 aromatic heterocycles. The van der Waals surface area contributed by atoms with E-state index in [9.17, 15) is 19.2 Å². The molecule has 170 valence electrons. The molecule has 0 aliphatic carbocycles. The summed E-state index contributed by atoms with van der Waals surface area (Å²) in [6.45, 7) is 1.98. The van der Waals surface area contributed by atoms with Gasteiger partial charge in [-0.1, -0.05) is 48.0 Å². The van der Waals surface area contributed by atoms with Crippen LogP contribution < -0.4 is 16.4 Å². The van der Waals surface area contributed by atoms with E-state index in [2.05, 4.69) is 10.6 Å². The van der Waals surface area contributed by atoms with Crippen molar-refractivity contribution in [1.82, 2.24) is 10.2 Å². The average molecular weight is 467 g/mol. The number of rotatable bonds is 5. The van der Waals surface area contributed by atoms with E-state index in [0.717, 1.165) is 5.56 Å². The first-order valence-corrected chi connectivity index (χ1v) is 11.2. The minimum atomic E-state index is -1.47. The van der Waals surface area contributed by atoms with Crippen LogP contribution in [0.3, 0.4) is 0 Å². The topological polar surface area (TPSA) is 122 Å². The minimum Gasteiger partial charge on any atom is -0.370 e. The van der Waals surface area contributed by atoms with Gasteiger partial charge in [-0.3, -0.25) is 29.4 Å². The lowest BCUT2D eigenvalue weighted by atomic mass is 9.76. The Morgan fingerprint density at radius 3 is 2.55 bits per heavy atom. The van der Waals surface area contributed by atoms with Gasteiger partial charge in [0.25, 0.3) is 0 Å². The molecule has 5 rings (SSSR count). The Morgan fingerprint density at radius 1 is 1.12 bits per heavy atom. The third kappa shape index (κ3) is 3.08. The first-order chi connectivity index (χ1) is 15.8. The number of imide groups is 1. The fourth-order valence-electron chi connectivity index (χ4n) is 5.55. The zero-order valence-electron chi connectivity index (χ0n) is 17.9. The van der Waals surface area contributed by atoms with Crippen molar-refractivity contribution >= 4 is 40.9 Å². The van der Waals surface area contributed by atoms with Crippen molar-refractivity contribution in [2.24, 2.45) is 17.6 Å². The zero-order valence-corrected chi connectivity index (χ0v) is 18.7. The van der Waals surface area contributed by atoms with Crippen LogP contribution in [-0.2, 0) is 31.1 Å². The van der Waals surface area contributed by atoms with Gasteiger partial charge in [-0.2, -0.15) is 0 Å². The lowest BCUT2D eigenvalue weighted by molar-refractivity contribution is -0.142. The maximum Gasteiger partial charge on any atom is 0.250 e. The van der Waals surface area contributed by atoms with E-state index in [-0.39, 0.29) is 18.9 Å². The van der Waals surface area contributed by atoms with E-state index < -0.39 is 41.1 Å². The highest BCUT2D eigenvalue weighted by molar-refractivity contribution is 6.32. The molecule has 0 radical (unpaired) electrons. The van der Waals surface area contributed by atoms with Gasteiger partial charge in [-0.15, -0.1) is 0 Å². The molecule has 0 unspecified atom stereocenters. The van der Waals surface area contributed by atoms with Gasteiger partial charge >= 0.3 is 0 Å². The predicted molar refractivity (Wildman–Crippen MR) is 121 cm³/mol. The van der Waals surface area contributed by atoms with Crippen molar-refractivity contribution in [3.05, 3.63) is 64.2 Å². The number of nitrogens with one attached hydrogen (secondary N) is 2. The van der Waals surface area contributed by atoms with Crippen molar-refractivity contribution < 1.29 is 19.2 Å². The summed E-state index contributed by atoms with van der Waals surface area (Å²) in [5.41, 5.74) is 6.74. The molecule has 2 aromatic rings. The van der Waals surface area contributed by atoms with Gasteiger partial charge in [0.1, 0.15) is 5.54 Å². The van der Waals surface area contributed by atoms with Crippen molar-refractivity contribution in [2.75, 3.05) is 11.9 Å². The number of benzene rings is 2. The van der Waals surface area contributed by atoms with Gasteiger partial charge < -0.3 is 11.1 Å². The Kier molecular flexibility index (Phi) is 5.02. The standard InChI is InChI=1S/C24H23ClN4O4/c1-12-15(25)8-7-14-20(12)27-23(33)24(14)19-18(16(28-24)11-17(26)30)21(31)29(22(19)32)10-9-13-5-3-2-4-6-13/h2-8,16,18-19,28H,9-11H2,1H3,(H2,26,30)(H,27,33)/t16-,18-,19-,24+/m1/s1. The van der Waals surface area contributed by atoms with Crippen LogP contribution in [0.4, 0.5) is 5.69 Å². The molecule has 3 aliphatic rings. The minimum absolute atomic E-state index is 0.163. The number of halogens is 1. The third-order valence-electron chi connectivity index (χ3n) is 7.06. The highest BCUT2D eigenvalue weighted by atomic mass is 35.5. The molecule has 1 spiro atoms. The SMILES string of the molecule is Cc1c(Cl)ccc2c1NC(=O)[C@]21N[C@H](CC(N)=O)[C@H]2C(=O)N(CCc3ccccc3)C(=O)[C@@H]21. The van der Waals surface area contributed by atoms with Crippen molar-refractivity contribution in [3.8, 4) is 0 Å². The van der Waals surface area contributed by atoms with Crippen LogP contribution in [0.2, 0.25) is 5.02 Å². The lowest BCUT2D eigenvalue weighted by Gasteiger charge is -2.29. The zero-order chi connectivity index (χ0) is 23.5. The molecule has 4 amide bonds. The predicted octanol–water partition coefficient (Wildman–Crippen LogP) is 1.49. The Balaban J connectivity index is 1.56. The fourth-order valence-corrected chi connectivity index (χ4v) is 5.70. The molecule has 9 heteroatoms. The van der Waals surface area contributed by atoms with Crippen molar-refractivity contribution in [2.45, 2.75) is 31.3 Å². The molecule has 4 atom stereocenters. The molecule has 3 heterocycles. The van der Waals surface area contributed by atoms with Gasteiger partial charge in [-0.25, -0.2) is 0 Å². The number of amides is 4. The van der Waals surface area contributed by atoms with Gasteiger partial charge in [0.05, 0.1) is 17.5 Å². The van der Waals surface area contributed by atoms with Crippen molar-refractivity contribution in [1.29, 1.82) is 0 Å². The van der Waals surface area contributed by atoms with Crippen LogP contribution in [0.5, 0.6) is 0 Å². The second-order valence-electron chi connectivity index (χ2n) is 8.85. The summed E-state index contributed by atoms with van der Waals surface area (Å²) in [6, 6.07) is 12.2. The first kappa shape index (κ1) is 21.6. The van der Waals surface area contributed by atoms with Crippen LogP contribution in [0.1, 0.15) is 23.1 Å². The molecule has 0 bridgehead atoms. The Morgan fingerprint density at radius 2 is 1.85 bits per heavy atom. The van der Waals surface area contributed by atoms with Crippen LogP contribution in [0, 0.1) is 18.8 Å². The van der Waals surface area contributed by atoms with Crippen LogP contribution in [-0.4, -0.2) is 41.1 Å². The number of likely N-dealkylation sites (tertiary alicyclic amines) is 1. The maximum absolute atomic E-state index is 13.7. The van der Waals surface area contributed by atoms with E-state index in [1.165, 1.54) is 4.90 Å². The van der Waals surface area contributed by atoms with Crippen LogP contribution >= 0.6 is 11.6 Å².